The van der Waals surface area contributed by atoms with Gasteiger partial charge in [-0.15, -0.1) is 0 Å². The lowest BCUT2D eigenvalue weighted by atomic mass is 9.95. The van der Waals surface area contributed by atoms with Gasteiger partial charge in [0, 0.05) is 33.0 Å². The second-order valence-corrected chi connectivity index (χ2v) is 12.4. The van der Waals surface area contributed by atoms with Gasteiger partial charge in [0.15, 0.2) is 5.84 Å². The van der Waals surface area contributed by atoms with E-state index in [1.807, 2.05) is 61.6 Å². The number of aliphatic imine (C=N–C) groups is 2. The van der Waals surface area contributed by atoms with Crippen LogP contribution in [0.3, 0.4) is 0 Å². The number of fused-ring (bicyclic) bond motifs is 9. The van der Waals surface area contributed by atoms with Gasteiger partial charge < -0.3 is 10.3 Å². The van der Waals surface area contributed by atoms with Crippen LogP contribution in [0.4, 0.5) is 0 Å². The predicted octanol–water partition coefficient (Wildman–Crippen LogP) is 11.1. The molecule has 0 spiro atoms. The van der Waals surface area contributed by atoms with Crippen molar-refractivity contribution in [2.45, 2.75) is 6.92 Å². The fraction of sp³-hybridized carbons (Fsp3) is 0.0435. The van der Waals surface area contributed by atoms with Crippen LogP contribution >= 0.6 is 0 Å². The second-order valence-electron chi connectivity index (χ2n) is 12.4. The summed E-state index contributed by atoms with van der Waals surface area (Å²) in [7, 11) is 0. The molecule has 0 amide bonds. The first-order valence-corrected chi connectivity index (χ1v) is 16.9. The van der Waals surface area contributed by atoms with Crippen molar-refractivity contribution < 1.29 is 0 Å². The molecule has 50 heavy (non-hydrogen) atoms. The summed E-state index contributed by atoms with van der Waals surface area (Å²) >= 11 is 0. The van der Waals surface area contributed by atoms with E-state index in [4.69, 9.17) is 15.7 Å². The van der Waals surface area contributed by atoms with Gasteiger partial charge in [-0.3, -0.25) is 4.99 Å². The Kier molecular flexibility index (Phi) is 8.11. The van der Waals surface area contributed by atoms with Gasteiger partial charge in [-0.1, -0.05) is 152 Å². The maximum atomic E-state index is 6.61. The van der Waals surface area contributed by atoms with E-state index in [1.54, 1.807) is 0 Å². The molecule has 240 valence electrons. The fourth-order valence-corrected chi connectivity index (χ4v) is 6.96. The van der Waals surface area contributed by atoms with E-state index in [-0.39, 0.29) is 0 Å². The number of aromatic nitrogens is 1. The molecular formula is C46H36N4. The highest BCUT2D eigenvalue weighted by atomic mass is 15.0. The highest BCUT2D eigenvalue weighted by Crippen LogP contribution is 2.40. The molecule has 1 aromatic heterocycles. The highest BCUT2D eigenvalue weighted by Gasteiger charge is 2.18. The number of hydrogen-bond acceptors (Lipinski definition) is 1. The molecule has 0 unspecified atom stereocenters. The van der Waals surface area contributed by atoms with Gasteiger partial charge in [-0.05, 0) is 57.6 Å². The third-order valence-electron chi connectivity index (χ3n) is 9.37. The Morgan fingerprint density at radius 3 is 2.20 bits per heavy atom. The zero-order chi connectivity index (χ0) is 34.0. The van der Waals surface area contributed by atoms with Crippen LogP contribution in [-0.4, -0.2) is 22.8 Å². The molecule has 0 aliphatic heterocycles. The third-order valence-corrected chi connectivity index (χ3v) is 9.37. The molecule has 0 aliphatic rings. The molecule has 8 aromatic rings. The third kappa shape index (κ3) is 5.47. The van der Waals surface area contributed by atoms with Crippen LogP contribution in [0.2, 0.25) is 0 Å². The Hall–Kier alpha value is -6.52. The minimum Gasteiger partial charge on any atom is -0.383 e. The van der Waals surface area contributed by atoms with Crippen molar-refractivity contribution in [3.05, 3.63) is 187 Å². The Bertz CT molecular complexity index is 2710. The molecule has 1 heterocycles. The van der Waals surface area contributed by atoms with Crippen LogP contribution in [0, 0.1) is 0 Å². The topological polar surface area (TPSA) is 55.7 Å². The van der Waals surface area contributed by atoms with E-state index < -0.39 is 0 Å². The Morgan fingerprint density at radius 1 is 0.680 bits per heavy atom. The summed E-state index contributed by atoms with van der Waals surface area (Å²) in [5.74, 6) is 0.970. The van der Waals surface area contributed by atoms with Gasteiger partial charge in [-0.25, -0.2) is 4.99 Å². The Balaban J connectivity index is 1.39. The van der Waals surface area contributed by atoms with Crippen molar-refractivity contribution in [1.29, 1.82) is 0 Å². The first-order valence-electron chi connectivity index (χ1n) is 16.9. The molecule has 4 nitrogen and oxygen atoms in total. The number of benzene rings is 7. The summed E-state index contributed by atoms with van der Waals surface area (Å²) < 4.78 is 2.40. The van der Waals surface area contributed by atoms with E-state index in [9.17, 15) is 0 Å². The van der Waals surface area contributed by atoms with Crippen LogP contribution in [0.25, 0.3) is 59.8 Å². The molecule has 0 aliphatic carbocycles. The Morgan fingerprint density at radius 2 is 1.38 bits per heavy atom. The molecule has 4 heteroatoms. The average molecular weight is 645 g/mol. The molecule has 0 radical (unpaired) electrons. The summed E-state index contributed by atoms with van der Waals surface area (Å²) in [6.45, 7) is 6.41. The minimum atomic E-state index is 0.411. The minimum absolute atomic E-state index is 0.411. The average Bonchev–Trinajstić information content (AvgIpc) is 3.52. The zero-order valence-electron chi connectivity index (χ0n) is 27.9. The Labute approximate surface area is 291 Å². The molecule has 0 saturated carbocycles. The van der Waals surface area contributed by atoms with Gasteiger partial charge in [0.2, 0.25) is 0 Å². The lowest BCUT2D eigenvalue weighted by Crippen LogP contribution is -2.16. The molecular weight excluding hydrogens is 609 g/mol. The molecule has 0 saturated heterocycles. The quantitative estimate of drug-likeness (QED) is 0.0798. The molecule has 2 N–H and O–H groups in total. The lowest BCUT2D eigenvalue weighted by Gasteiger charge is -2.14. The summed E-state index contributed by atoms with van der Waals surface area (Å²) in [5, 5.41) is 9.83. The maximum Gasteiger partial charge on any atom is 0.157 e. The largest absolute Gasteiger partial charge is 0.383 e. The van der Waals surface area contributed by atoms with Crippen molar-refractivity contribution in [2.24, 2.45) is 15.7 Å². The van der Waals surface area contributed by atoms with Crippen molar-refractivity contribution in [2.75, 3.05) is 6.54 Å². The monoisotopic (exact) mass is 644 g/mol. The number of nitrogens with zero attached hydrogens (tertiary/aromatic N) is 3. The van der Waals surface area contributed by atoms with Crippen LogP contribution in [0.5, 0.6) is 0 Å². The summed E-state index contributed by atoms with van der Waals surface area (Å²) in [4.78, 5) is 9.94. The summed E-state index contributed by atoms with van der Waals surface area (Å²) in [6.07, 6.45) is 7.84. The number of para-hydroxylation sites is 1. The summed E-state index contributed by atoms with van der Waals surface area (Å²) in [6, 6.07) is 49.1. The number of amidine groups is 2. The molecule has 0 fully saturated rings. The molecule has 0 bridgehead atoms. The smallest absolute Gasteiger partial charge is 0.157 e. The molecule has 0 atom stereocenters. The molecule has 7 aromatic carbocycles. The van der Waals surface area contributed by atoms with E-state index >= 15 is 0 Å². The van der Waals surface area contributed by atoms with E-state index in [2.05, 4.69) is 120 Å². The van der Waals surface area contributed by atoms with Crippen molar-refractivity contribution in [1.82, 2.24) is 4.57 Å². The van der Waals surface area contributed by atoms with Gasteiger partial charge in [0.05, 0.1) is 17.6 Å². The predicted molar refractivity (Wildman–Crippen MR) is 215 cm³/mol. The number of nitrogens with two attached hydrogens (primary N) is 1. The standard InChI is InChI=1S/C46H36N4/c1-3-5-14-31(4-2)30-48-46(49-45(47)34-16-7-6-8-17-34)35-18-13-19-36(29-35)50-42-22-12-11-21-39(42)41-28-25-33-24-26-38-37-20-10-9-15-32(37)23-27-40(38)43(33)44(41)50/h3-29H,2,30H2,1H3,(H2,47,48,49)/b5-3-,31-14+. The first-order chi connectivity index (χ1) is 24.6. The van der Waals surface area contributed by atoms with Crippen molar-refractivity contribution in [3.63, 3.8) is 0 Å². The van der Waals surface area contributed by atoms with E-state index in [0.717, 1.165) is 27.9 Å². The van der Waals surface area contributed by atoms with Gasteiger partial charge in [0.1, 0.15) is 5.84 Å². The normalized spacial score (nSPS) is 13.0. The van der Waals surface area contributed by atoms with E-state index in [1.165, 1.54) is 48.6 Å². The SMILES string of the molecule is C=C/C(=C\C=C/C)CN=C(N=C(N)c1ccccc1)c1cccc(-n2c3ccccc3c3ccc4ccc5c6ccccc6ccc5c4c32)c1. The number of hydrogen-bond donors (Lipinski definition) is 1. The number of rotatable bonds is 7. The second kappa shape index (κ2) is 13.2. The van der Waals surface area contributed by atoms with Crippen LogP contribution < -0.4 is 5.73 Å². The van der Waals surface area contributed by atoms with Gasteiger partial charge >= 0.3 is 0 Å². The lowest BCUT2D eigenvalue weighted by molar-refractivity contribution is 1.16. The van der Waals surface area contributed by atoms with Crippen molar-refractivity contribution >= 4 is 65.8 Å². The van der Waals surface area contributed by atoms with Gasteiger partial charge in [-0.2, -0.15) is 0 Å². The summed E-state index contributed by atoms with van der Waals surface area (Å²) in [5.41, 5.74) is 12.6. The molecule has 8 rings (SSSR count). The maximum absolute atomic E-state index is 6.61. The zero-order valence-corrected chi connectivity index (χ0v) is 27.9. The van der Waals surface area contributed by atoms with Crippen LogP contribution in [-0.2, 0) is 0 Å². The van der Waals surface area contributed by atoms with E-state index in [0.29, 0.717) is 18.2 Å². The first kappa shape index (κ1) is 30.8. The number of allylic oxidation sites excluding steroid dienone is 3. The van der Waals surface area contributed by atoms with Crippen LogP contribution in [0.15, 0.2) is 186 Å². The van der Waals surface area contributed by atoms with Crippen LogP contribution in [0.1, 0.15) is 18.1 Å². The van der Waals surface area contributed by atoms with Gasteiger partial charge in [0.25, 0.3) is 0 Å². The fourth-order valence-electron chi connectivity index (χ4n) is 6.96. The highest BCUT2D eigenvalue weighted by molar-refractivity contribution is 6.28. The van der Waals surface area contributed by atoms with Crippen molar-refractivity contribution in [3.8, 4) is 5.69 Å².